The molecule has 17 heteroatoms. The Morgan fingerprint density at radius 1 is 0.964 bits per heavy atom. The van der Waals surface area contributed by atoms with Gasteiger partial charge in [0.1, 0.15) is 23.1 Å². The number of carbonyl (C=O) groups excluding carboxylic acids is 1. The van der Waals surface area contributed by atoms with Gasteiger partial charge < -0.3 is 25.0 Å². The molecule has 0 unspecified atom stereocenters. The van der Waals surface area contributed by atoms with Crippen molar-refractivity contribution in [2.75, 3.05) is 29.4 Å². The molecule has 1 aromatic carbocycles. The minimum atomic E-state index is -4.54. The molecule has 3 aromatic rings. The van der Waals surface area contributed by atoms with Gasteiger partial charge in [0.25, 0.3) is 11.8 Å². The molecule has 1 amide bonds. The molecule has 10 rings (SSSR count). The predicted octanol–water partition coefficient (Wildman–Crippen LogP) is 7.87. The van der Waals surface area contributed by atoms with Crippen LogP contribution in [0.5, 0.6) is 5.75 Å². The van der Waals surface area contributed by atoms with Crippen molar-refractivity contribution in [3.8, 4) is 5.75 Å². The SMILES string of the molecule is CC(F)(F)c1nc(N2CC3(CCCCC3)c3cc(OC4CCN(c5nnc(C(F)(F)F)s5)CC4)ccc32)ncc1C(=O)NC1(C(=O)O)C2CC3CC(C2)CC1C3. The highest BCUT2D eigenvalue weighted by molar-refractivity contribution is 7.15. The molecule has 5 saturated carbocycles. The summed E-state index contributed by atoms with van der Waals surface area (Å²) in [7, 11) is 0. The molecule has 300 valence electrons. The van der Waals surface area contributed by atoms with E-state index in [1.165, 1.54) is 0 Å². The van der Waals surface area contributed by atoms with Gasteiger partial charge in [-0.05, 0) is 92.4 Å². The highest BCUT2D eigenvalue weighted by atomic mass is 32.1. The molecule has 1 spiro atoms. The van der Waals surface area contributed by atoms with Crippen LogP contribution in [0.4, 0.5) is 38.7 Å². The number of carboxylic acid groups (broad SMARTS) is 1. The minimum absolute atomic E-state index is 0.0377. The van der Waals surface area contributed by atoms with Crippen LogP contribution in [0.1, 0.15) is 111 Å². The number of hydrogen-bond acceptors (Lipinski definition) is 10. The lowest BCUT2D eigenvalue weighted by atomic mass is 9.48. The van der Waals surface area contributed by atoms with Crippen molar-refractivity contribution in [2.45, 2.75) is 113 Å². The van der Waals surface area contributed by atoms with Gasteiger partial charge in [-0.15, -0.1) is 10.2 Å². The third-order valence-electron chi connectivity index (χ3n) is 13.6. The standard InChI is InChI=1S/C39H44F5N7O4S/c1-36(40,41)30-27(31(52)47-38(33(53)54)23-14-21-13-22(16-23)17-24(38)15-21)19-45-34(46-30)51-20-37(9-3-2-4-10-37)28-18-26(5-6-29(28)51)55-25-7-11-50(12-8-25)35-49-48-32(56-35)39(42,43)44/h5-6,18-19,21-25H,2-4,7-17,20H2,1H3,(H,47,52)(H,53,54). The van der Waals surface area contributed by atoms with Gasteiger partial charge in [-0.3, -0.25) is 4.79 Å². The zero-order valence-corrected chi connectivity index (χ0v) is 31.8. The first-order chi connectivity index (χ1) is 26.6. The van der Waals surface area contributed by atoms with Crippen LogP contribution in [0.15, 0.2) is 24.4 Å². The van der Waals surface area contributed by atoms with Crippen LogP contribution < -0.4 is 19.9 Å². The summed E-state index contributed by atoms with van der Waals surface area (Å²) in [6, 6.07) is 5.73. The van der Waals surface area contributed by atoms with Gasteiger partial charge in [-0.1, -0.05) is 30.6 Å². The third kappa shape index (κ3) is 6.35. The summed E-state index contributed by atoms with van der Waals surface area (Å²) in [4.78, 5) is 39.4. The van der Waals surface area contributed by atoms with Gasteiger partial charge in [0, 0.05) is 56.7 Å². The molecule has 5 aliphatic carbocycles. The first-order valence-corrected chi connectivity index (χ1v) is 20.5. The molecule has 0 atom stereocenters. The smallest absolute Gasteiger partial charge is 0.445 e. The molecule has 2 N–H and O–H groups in total. The van der Waals surface area contributed by atoms with Gasteiger partial charge in [-0.2, -0.15) is 22.0 Å². The van der Waals surface area contributed by atoms with Crippen molar-refractivity contribution in [3.05, 3.63) is 46.2 Å². The maximum Gasteiger partial charge on any atom is 0.445 e. The first-order valence-electron chi connectivity index (χ1n) is 19.7. The van der Waals surface area contributed by atoms with E-state index in [9.17, 15) is 27.9 Å². The number of hydrogen-bond donors (Lipinski definition) is 2. The van der Waals surface area contributed by atoms with E-state index >= 15 is 8.78 Å². The van der Waals surface area contributed by atoms with Crippen molar-refractivity contribution in [1.29, 1.82) is 0 Å². The summed E-state index contributed by atoms with van der Waals surface area (Å²) in [5, 5.41) is 19.7. The number of aliphatic carboxylic acids is 1. The number of fused-ring (bicyclic) bond motifs is 2. The van der Waals surface area contributed by atoms with Gasteiger partial charge in [-0.25, -0.2) is 14.8 Å². The maximum absolute atomic E-state index is 15.5. The zero-order valence-electron chi connectivity index (χ0n) is 31.0. The van der Waals surface area contributed by atoms with E-state index in [1.54, 1.807) is 4.90 Å². The number of carbonyl (C=O) groups is 2. The molecule has 4 bridgehead atoms. The van der Waals surface area contributed by atoms with Crippen LogP contribution in [0.3, 0.4) is 0 Å². The highest BCUT2D eigenvalue weighted by Crippen LogP contribution is 2.59. The number of ether oxygens (including phenoxy) is 1. The Balaban J connectivity index is 0.964. The Hall–Kier alpha value is -4.15. The number of nitrogens with one attached hydrogen (secondary N) is 1. The Kier molecular flexibility index (Phi) is 9.00. The second-order valence-electron chi connectivity index (χ2n) is 17.1. The van der Waals surface area contributed by atoms with Crippen LogP contribution in [0.25, 0.3) is 0 Å². The summed E-state index contributed by atoms with van der Waals surface area (Å²) in [5.74, 6) is -4.48. The lowest BCUT2D eigenvalue weighted by Crippen LogP contribution is -2.70. The Morgan fingerprint density at radius 2 is 1.64 bits per heavy atom. The fourth-order valence-corrected chi connectivity index (χ4v) is 11.9. The number of aromatic nitrogens is 4. The predicted molar refractivity (Wildman–Crippen MR) is 195 cm³/mol. The second kappa shape index (κ2) is 13.5. The van der Waals surface area contributed by atoms with E-state index in [0.717, 1.165) is 56.0 Å². The highest BCUT2D eigenvalue weighted by Gasteiger charge is 2.62. The number of alkyl halides is 5. The molecular weight excluding hydrogens is 758 g/mol. The molecule has 2 aliphatic heterocycles. The van der Waals surface area contributed by atoms with E-state index in [0.29, 0.717) is 94.0 Å². The van der Waals surface area contributed by atoms with Gasteiger partial charge in [0.05, 0.1) is 5.56 Å². The number of piperidine rings is 1. The number of benzene rings is 1. The van der Waals surface area contributed by atoms with Crippen LogP contribution in [0, 0.1) is 23.7 Å². The number of nitrogens with zero attached hydrogens (tertiary/aromatic N) is 6. The van der Waals surface area contributed by atoms with Gasteiger partial charge in [0.2, 0.25) is 16.1 Å². The zero-order chi connectivity index (χ0) is 39.2. The van der Waals surface area contributed by atoms with Crippen LogP contribution in [-0.2, 0) is 22.3 Å². The molecule has 0 radical (unpaired) electrons. The molecule has 6 fully saturated rings. The van der Waals surface area contributed by atoms with Crippen molar-refractivity contribution >= 4 is 40.0 Å². The fourth-order valence-electron chi connectivity index (χ4n) is 11.2. The lowest BCUT2D eigenvalue weighted by molar-refractivity contribution is -0.163. The van der Waals surface area contributed by atoms with E-state index < -0.39 is 45.8 Å². The first kappa shape index (κ1) is 37.4. The normalized spacial score (nSPS) is 28.5. The Bertz CT molecular complexity index is 2000. The molecular formula is C39H44F5N7O4S. The van der Waals surface area contributed by atoms with Crippen LogP contribution in [0.2, 0.25) is 0 Å². The molecule has 7 aliphatic rings. The average molecular weight is 802 g/mol. The molecule has 4 heterocycles. The molecule has 56 heavy (non-hydrogen) atoms. The quantitative estimate of drug-likeness (QED) is 0.217. The monoisotopic (exact) mass is 801 g/mol. The van der Waals surface area contributed by atoms with Gasteiger partial charge in [0.15, 0.2) is 0 Å². The largest absolute Gasteiger partial charge is 0.490 e. The Labute approximate surface area is 324 Å². The number of anilines is 3. The van der Waals surface area contributed by atoms with Crippen molar-refractivity contribution in [3.63, 3.8) is 0 Å². The second-order valence-corrected chi connectivity index (χ2v) is 18.0. The van der Waals surface area contributed by atoms with Crippen molar-refractivity contribution in [1.82, 2.24) is 25.5 Å². The van der Waals surface area contributed by atoms with Crippen molar-refractivity contribution < 1.29 is 41.4 Å². The van der Waals surface area contributed by atoms with E-state index in [1.807, 2.05) is 23.1 Å². The topological polar surface area (TPSA) is 134 Å². The summed E-state index contributed by atoms with van der Waals surface area (Å²) in [6.07, 6.45) is 6.27. The summed E-state index contributed by atoms with van der Waals surface area (Å²) < 4.78 is 76.6. The van der Waals surface area contributed by atoms with Crippen LogP contribution >= 0.6 is 11.3 Å². The lowest BCUT2D eigenvalue weighted by Gasteiger charge is -2.59. The number of amides is 1. The average Bonchev–Trinajstić information content (AvgIpc) is 3.77. The summed E-state index contributed by atoms with van der Waals surface area (Å²) in [6.45, 7) is 2.08. The van der Waals surface area contributed by atoms with E-state index in [4.69, 9.17) is 4.74 Å². The maximum atomic E-state index is 15.5. The summed E-state index contributed by atoms with van der Waals surface area (Å²) >= 11 is 0.532. The van der Waals surface area contributed by atoms with E-state index in [2.05, 4.69) is 25.5 Å². The number of halogens is 5. The Morgan fingerprint density at radius 3 is 2.25 bits per heavy atom. The molecule has 2 aromatic heterocycles. The van der Waals surface area contributed by atoms with E-state index in [-0.39, 0.29) is 34.4 Å². The third-order valence-corrected chi connectivity index (χ3v) is 14.6. The minimum Gasteiger partial charge on any atom is -0.490 e. The molecule has 11 nitrogen and oxygen atoms in total. The van der Waals surface area contributed by atoms with Crippen molar-refractivity contribution in [2.24, 2.45) is 23.7 Å². The number of rotatable bonds is 8. The van der Waals surface area contributed by atoms with Crippen LogP contribution in [-0.4, -0.2) is 68.4 Å². The van der Waals surface area contributed by atoms with Gasteiger partial charge >= 0.3 is 12.1 Å². The number of carboxylic acids is 1. The molecule has 1 saturated heterocycles. The fraction of sp³-hybridized carbons (Fsp3) is 0.641. The summed E-state index contributed by atoms with van der Waals surface area (Å²) in [5.41, 5.74) is -1.20.